The van der Waals surface area contributed by atoms with E-state index in [2.05, 4.69) is 5.32 Å². The van der Waals surface area contributed by atoms with Crippen LogP contribution in [0.5, 0.6) is 0 Å². The molecular formula is C9H20N2O2. The van der Waals surface area contributed by atoms with Gasteiger partial charge in [-0.05, 0) is 12.3 Å². The predicted molar refractivity (Wildman–Crippen MR) is 52.3 cm³/mol. The maximum absolute atomic E-state index is 11.3. The minimum absolute atomic E-state index is 0.0777. The van der Waals surface area contributed by atoms with Crippen molar-refractivity contribution in [1.29, 1.82) is 0 Å². The first kappa shape index (κ1) is 12.4. The van der Waals surface area contributed by atoms with E-state index in [9.17, 15) is 4.79 Å². The third-order valence-corrected chi connectivity index (χ3v) is 1.85. The number of methoxy groups -OCH3 is 1. The third-order valence-electron chi connectivity index (χ3n) is 1.85. The van der Waals surface area contributed by atoms with Gasteiger partial charge in [0.25, 0.3) is 0 Å². The second-order valence-corrected chi connectivity index (χ2v) is 3.41. The van der Waals surface area contributed by atoms with Crippen LogP contribution in [0.4, 0.5) is 0 Å². The van der Waals surface area contributed by atoms with E-state index in [4.69, 9.17) is 10.5 Å². The molecule has 0 saturated carbocycles. The van der Waals surface area contributed by atoms with Crippen molar-refractivity contribution in [3.8, 4) is 0 Å². The highest BCUT2D eigenvalue weighted by atomic mass is 16.5. The van der Waals surface area contributed by atoms with Gasteiger partial charge >= 0.3 is 0 Å². The van der Waals surface area contributed by atoms with Crippen LogP contribution in [0.1, 0.15) is 20.3 Å². The molecule has 13 heavy (non-hydrogen) atoms. The van der Waals surface area contributed by atoms with E-state index in [0.717, 1.165) is 6.42 Å². The number of carbonyl (C=O) groups excluding carboxylic acids is 1. The Kier molecular flexibility index (Phi) is 6.54. The first-order valence-corrected chi connectivity index (χ1v) is 4.61. The second kappa shape index (κ2) is 6.86. The van der Waals surface area contributed by atoms with Crippen LogP contribution in [0.25, 0.3) is 0 Å². The van der Waals surface area contributed by atoms with Gasteiger partial charge in [-0.1, -0.05) is 13.8 Å². The fourth-order valence-electron chi connectivity index (χ4n) is 0.849. The lowest BCUT2D eigenvalue weighted by Gasteiger charge is -2.14. The Morgan fingerprint density at radius 2 is 2.15 bits per heavy atom. The summed E-state index contributed by atoms with van der Waals surface area (Å²) in [5.74, 6) is 0.105. The summed E-state index contributed by atoms with van der Waals surface area (Å²) in [7, 11) is 1.64. The van der Waals surface area contributed by atoms with Crippen molar-refractivity contribution >= 4 is 5.91 Å². The Morgan fingerprint density at radius 1 is 1.54 bits per heavy atom. The Hall–Kier alpha value is -0.610. The number of rotatable bonds is 6. The molecule has 1 atom stereocenters. The molecule has 0 saturated heterocycles. The van der Waals surface area contributed by atoms with E-state index in [1.807, 2.05) is 13.8 Å². The van der Waals surface area contributed by atoms with E-state index in [0.29, 0.717) is 13.2 Å². The summed E-state index contributed by atoms with van der Waals surface area (Å²) in [4.78, 5) is 11.3. The lowest BCUT2D eigenvalue weighted by Crippen LogP contribution is -2.44. The van der Waals surface area contributed by atoms with Crippen LogP contribution < -0.4 is 11.1 Å². The number of carbonyl (C=O) groups is 1. The highest BCUT2D eigenvalue weighted by Crippen LogP contribution is 1.97. The first-order chi connectivity index (χ1) is 6.09. The average molecular weight is 188 g/mol. The summed E-state index contributed by atoms with van der Waals surface area (Å²) in [6.45, 7) is 5.16. The van der Waals surface area contributed by atoms with E-state index in [1.165, 1.54) is 0 Å². The monoisotopic (exact) mass is 188 g/mol. The summed E-state index contributed by atoms with van der Waals surface area (Å²) in [6, 6.07) is -0.400. The van der Waals surface area contributed by atoms with E-state index in [1.54, 1.807) is 7.11 Å². The zero-order valence-corrected chi connectivity index (χ0v) is 8.67. The molecule has 0 fully saturated rings. The zero-order valence-electron chi connectivity index (χ0n) is 8.67. The van der Waals surface area contributed by atoms with Gasteiger partial charge in [0.1, 0.15) is 0 Å². The molecule has 0 aromatic carbocycles. The molecular weight excluding hydrogens is 168 g/mol. The first-order valence-electron chi connectivity index (χ1n) is 4.61. The van der Waals surface area contributed by atoms with Crippen molar-refractivity contribution in [3.63, 3.8) is 0 Å². The number of nitrogens with one attached hydrogen (secondary N) is 1. The van der Waals surface area contributed by atoms with Gasteiger partial charge in [-0.25, -0.2) is 0 Å². The molecule has 4 heteroatoms. The number of hydrogen-bond acceptors (Lipinski definition) is 3. The molecule has 1 amide bonds. The molecule has 0 aliphatic carbocycles. The smallest absolute Gasteiger partial charge is 0.237 e. The largest absolute Gasteiger partial charge is 0.385 e. The maximum atomic E-state index is 11.3. The molecule has 3 N–H and O–H groups in total. The van der Waals surface area contributed by atoms with Crippen molar-refractivity contribution in [2.45, 2.75) is 26.3 Å². The fourth-order valence-corrected chi connectivity index (χ4v) is 0.849. The van der Waals surface area contributed by atoms with Crippen LogP contribution in [0.2, 0.25) is 0 Å². The molecule has 78 valence electrons. The van der Waals surface area contributed by atoms with Crippen LogP contribution in [-0.2, 0) is 9.53 Å². The van der Waals surface area contributed by atoms with Gasteiger partial charge in [-0.3, -0.25) is 4.79 Å². The standard InChI is InChI=1S/C9H20N2O2/c1-7(2)8(10)9(12)11-5-4-6-13-3/h7-8H,4-6,10H2,1-3H3,(H,11,12). The van der Waals surface area contributed by atoms with Crippen LogP contribution in [-0.4, -0.2) is 32.2 Å². The third kappa shape index (κ3) is 5.60. The van der Waals surface area contributed by atoms with Crippen molar-refractivity contribution in [2.24, 2.45) is 11.7 Å². The minimum atomic E-state index is -0.400. The van der Waals surface area contributed by atoms with E-state index in [-0.39, 0.29) is 11.8 Å². The molecule has 0 aliphatic rings. The summed E-state index contributed by atoms with van der Waals surface area (Å²) in [5, 5.41) is 2.75. The molecule has 0 rings (SSSR count). The van der Waals surface area contributed by atoms with Gasteiger partial charge < -0.3 is 15.8 Å². The summed E-state index contributed by atoms with van der Waals surface area (Å²) < 4.78 is 4.85. The van der Waals surface area contributed by atoms with Crippen LogP contribution >= 0.6 is 0 Å². The topological polar surface area (TPSA) is 64.3 Å². The Morgan fingerprint density at radius 3 is 2.62 bits per heavy atom. The molecule has 0 aliphatic heterocycles. The highest BCUT2D eigenvalue weighted by Gasteiger charge is 2.15. The molecule has 4 nitrogen and oxygen atoms in total. The summed E-state index contributed by atoms with van der Waals surface area (Å²) in [5.41, 5.74) is 5.63. The summed E-state index contributed by atoms with van der Waals surface area (Å²) >= 11 is 0. The molecule has 0 aromatic heterocycles. The van der Waals surface area contributed by atoms with Crippen molar-refractivity contribution < 1.29 is 9.53 Å². The zero-order chi connectivity index (χ0) is 10.3. The Balaban J connectivity index is 3.50. The van der Waals surface area contributed by atoms with E-state index < -0.39 is 6.04 Å². The average Bonchev–Trinajstić information content (AvgIpc) is 2.10. The van der Waals surface area contributed by atoms with Crippen LogP contribution in [0.3, 0.4) is 0 Å². The number of ether oxygens (including phenoxy) is 1. The number of hydrogen-bond donors (Lipinski definition) is 2. The van der Waals surface area contributed by atoms with Crippen molar-refractivity contribution in [3.05, 3.63) is 0 Å². The van der Waals surface area contributed by atoms with Crippen molar-refractivity contribution in [2.75, 3.05) is 20.3 Å². The fraction of sp³-hybridized carbons (Fsp3) is 0.889. The lowest BCUT2D eigenvalue weighted by atomic mass is 10.1. The summed E-state index contributed by atoms with van der Waals surface area (Å²) in [6.07, 6.45) is 0.826. The number of amides is 1. The number of nitrogens with two attached hydrogens (primary N) is 1. The quantitative estimate of drug-likeness (QED) is 0.582. The van der Waals surface area contributed by atoms with Gasteiger partial charge in [0.15, 0.2) is 0 Å². The normalized spacial score (nSPS) is 13.0. The van der Waals surface area contributed by atoms with Gasteiger partial charge in [0.05, 0.1) is 6.04 Å². The van der Waals surface area contributed by atoms with Crippen molar-refractivity contribution in [1.82, 2.24) is 5.32 Å². The molecule has 0 spiro atoms. The van der Waals surface area contributed by atoms with Gasteiger partial charge in [-0.15, -0.1) is 0 Å². The molecule has 0 aromatic rings. The maximum Gasteiger partial charge on any atom is 0.237 e. The van der Waals surface area contributed by atoms with Gasteiger partial charge in [-0.2, -0.15) is 0 Å². The predicted octanol–water partition coefficient (Wildman–Crippen LogP) is 0.122. The lowest BCUT2D eigenvalue weighted by molar-refractivity contribution is -0.123. The van der Waals surface area contributed by atoms with Gasteiger partial charge in [0, 0.05) is 20.3 Å². The van der Waals surface area contributed by atoms with E-state index >= 15 is 0 Å². The molecule has 1 unspecified atom stereocenters. The highest BCUT2D eigenvalue weighted by molar-refractivity contribution is 5.81. The molecule has 0 heterocycles. The molecule has 0 bridgehead atoms. The SMILES string of the molecule is COCCCNC(=O)C(N)C(C)C. The Bertz CT molecular complexity index is 149. The minimum Gasteiger partial charge on any atom is -0.385 e. The van der Waals surface area contributed by atoms with Crippen LogP contribution in [0.15, 0.2) is 0 Å². The Labute approximate surface area is 79.8 Å². The van der Waals surface area contributed by atoms with Crippen LogP contribution in [0, 0.1) is 5.92 Å². The second-order valence-electron chi connectivity index (χ2n) is 3.41. The molecule has 0 radical (unpaired) electrons. The van der Waals surface area contributed by atoms with Gasteiger partial charge in [0.2, 0.25) is 5.91 Å².